The van der Waals surface area contributed by atoms with E-state index in [9.17, 15) is 0 Å². The Hall–Kier alpha value is -12.2. The highest BCUT2D eigenvalue weighted by Crippen LogP contribution is 2.54. The van der Waals surface area contributed by atoms with Crippen LogP contribution < -0.4 is 52.1 Å². The lowest BCUT2D eigenvalue weighted by atomic mass is 9.30. The minimum Gasteiger partial charge on any atom is -0.458 e. The molecule has 0 N–H and O–H groups in total. The molecule has 0 saturated heterocycles. The fourth-order valence-corrected chi connectivity index (χ4v) is 17.4. The van der Waals surface area contributed by atoms with Crippen LogP contribution in [0.15, 0.2) is 296 Å². The second-order valence-corrected chi connectivity index (χ2v) is 29.9. The smallest absolute Gasteiger partial charge is 0.260 e. The second kappa shape index (κ2) is 21.2. The molecule has 0 fully saturated rings. The van der Waals surface area contributed by atoms with Crippen LogP contribution in [0.5, 0.6) is 23.0 Å². The number of hydrogen-bond acceptors (Lipinski definition) is 5. The van der Waals surface area contributed by atoms with Crippen molar-refractivity contribution in [2.45, 2.75) is 52.4 Å². The van der Waals surface area contributed by atoms with E-state index in [1.165, 1.54) is 43.5 Å². The van der Waals surface area contributed by atoms with Gasteiger partial charge in [0.1, 0.15) is 28.6 Å². The number of furan rings is 1. The Kier molecular flexibility index (Phi) is 12.1. The third kappa shape index (κ3) is 8.44. The van der Waals surface area contributed by atoms with Gasteiger partial charge in [-0.15, -0.1) is 0 Å². The van der Waals surface area contributed by atoms with Gasteiger partial charge in [-0.25, -0.2) is 0 Å². The zero-order valence-electron chi connectivity index (χ0n) is 56.9. The normalized spacial score (nSPS) is 13.5. The van der Waals surface area contributed by atoms with Crippen molar-refractivity contribution >= 4 is 146 Å². The zero-order valence-corrected chi connectivity index (χ0v) is 56.9. The highest BCUT2D eigenvalue weighted by Gasteiger charge is 2.49. The molecule has 17 aromatic rings. The molecule has 0 spiro atoms. The second-order valence-electron chi connectivity index (χ2n) is 29.9. The molecule has 7 heterocycles. The van der Waals surface area contributed by atoms with Crippen molar-refractivity contribution < 1.29 is 13.9 Å². The summed E-state index contributed by atoms with van der Waals surface area (Å²) in [7, 11) is 0. The topological polar surface area (TPSA) is 47.9 Å². The molecule has 0 saturated carbocycles. The summed E-state index contributed by atoms with van der Waals surface area (Å²) in [6, 6.07) is 108. The Labute approximate surface area is 586 Å². The maximum absolute atomic E-state index is 7.71. The third-order valence-electron chi connectivity index (χ3n) is 22.1. The minimum absolute atomic E-state index is 0.230. The van der Waals surface area contributed by atoms with E-state index < -0.39 is 0 Å². The summed E-state index contributed by atoms with van der Waals surface area (Å²) in [6.45, 7) is 13.3. The number of aromatic nitrogens is 2. The number of ether oxygens (including phenoxy) is 2. The lowest BCUT2D eigenvalue weighted by Gasteiger charge is -2.46. The zero-order chi connectivity index (χ0) is 67.3. The highest BCUT2D eigenvalue weighted by atomic mass is 16.5. The van der Waals surface area contributed by atoms with Gasteiger partial charge in [0.15, 0.2) is 5.58 Å². The number of para-hydroxylation sites is 7. The molecule has 0 amide bonds. The van der Waals surface area contributed by atoms with E-state index in [0.29, 0.717) is 0 Å². The van der Waals surface area contributed by atoms with Crippen molar-refractivity contribution in [2.75, 3.05) is 9.80 Å². The predicted octanol–water partition coefficient (Wildman–Crippen LogP) is 20.5. The van der Waals surface area contributed by atoms with Crippen LogP contribution in [0.4, 0.5) is 34.1 Å². The number of benzene rings is 14. The van der Waals surface area contributed by atoms with Crippen molar-refractivity contribution in [3.05, 3.63) is 302 Å². The molecule has 3 aromatic heterocycles. The van der Waals surface area contributed by atoms with Gasteiger partial charge < -0.3 is 32.8 Å². The van der Waals surface area contributed by atoms with Crippen LogP contribution in [0, 0.1) is 0 Å². The summed E-state index contributed by atoms with van der Waals surface area (Å²) in [4.78, 5) is 5.20. The molecule has 7 nitrogen and oxygen atoms in total. The molecule has 4 aliphatic heterocycles. The van der Waals surface area contributed by atoms with Crippen molar-refractivity contribution in [3.63, 3.8) is 0 Å². The summed E-state index contributed by atoms with van der Waals surface area (Å²) < 4.78 is 27.2. The number of rotatable bonds is 6. The highest BCUT2D eigenvalue weighted by molar-refractivity contribution is 7.02. The largest absolute Gasteiger partial charge is 0.458 e. The van der Waals surface area contributed by atoms with Gasteiger partial charge in [0.25, 0.3) is 13.4 Å². The molecule has 14 aromatic carbocycles. The Morgan fingerprint density at radius 2 is 0.752 bits per heavy atom. The lowest BCUT2D eigenvalue weighted by Crippen LogP contribution is -2.64. The number of fused-ring (bicyclic) bond motifs is 17. The number of anilines is 6. The first-order valence-electron chi connectivity index (χ1n) is 35.3. The predicted molar refractivity (Wildman–Crippen MR) is 422 cm³/mol. The summed E-state index contributed by atoms with van der Waals surface area (Å²) in [6.07, 6.45) is 0. The van der Waals surface area contributed by atoms with Crippen LogP contribution in [-0.4, -0.2) is 22.6 Å². The van der Waals surface area contributed by atoms with Crippen LogP contribution in [-0.2, 0) is 10.8 Å². The molecule has 9 heteroatoms. The maximum atomic E-state index is 7.71. The van der Waals surface area contributed by atoms with Gasteiger partial charge in [-0.1, -0.05) is 242 Å². The third-order valence-corrected chi connectivity index (χ3v) is 22.1. The molecule has 478 valence electrons. The van der Waals surface area contributed by atoms with E-state index in [2.05, 4.69) is 352 Å². The van der Waals surface area contributed by atoms with Gasteiger partial charge >= 0.3 is 0 Å². The first-order chi connectivity index (χ1) is 49.4. The van der Waals surface area contributed by atoms with Crippen molar-refractivity contribution in [2.24, 2.45) is 0 Å². The standard InChI is InChI=1S/C92H66B2N4O3/c1-91(2,3)57-47-80-87-81(48-57)98(89-61(55-25-9-7-10-26-55)34-23-35-62(89)56-27-11-8-12-28-56)79-54-84-72(94-70-46-44-60(96-75-39-20-15-31-65(75)66-32-16-21-40-76(66)96)52-83(70)99-85-49-58(92(4,5)6)50-86(100-84)88(85)94)53-71(79)93(87)69-45-43-59(95-73-37-18-13-29-63(73)64-30-14-19-38-74(64)95)51-78(69)97(80)77-41-24-36-68-67-33-17-22-42-82(67)101-90(68)77/h7-54H,1-6H3. The van der Waals surface area contributed by atoms with Crippen LogP contribution in [0.1, 0.15) is 52.7 Å². The van der Waals surface area contributed by atoms with Crippen molar-refractivity contribution in [1.82, 2.24) is 9.13 Å². The summed E-state index contributed by atoms with van der Waals surface area (Å²) in [5.41, 5.74) is 27.8. The number of nitrogens with zero attached hydrogens (tertiary/aromatic N) is 4. The Morgan fingerprint density at radius 1 is 0.297 bits per heavy atom. The molecule has 0 radical (unpaired) electrons. The van der Waals surface area contributed by atoms with Gasteiger partial charge in [0.2, 0.25) is 0 Å². The Bertz CT molecular complexity index is 6240. The van der Waals surface area contributed by atoms with Crippen LogP contribution in [0.2, 0.25) is 0 Å². The van der Waals surface area contributed by atoms with Gasteiger partial charge in [-0.2, -0.15) is 0 Å². The summed E-state index contributed by atoms with van der Waals surface area (Å²) in [5, 5.41) is 7.01. The molecule has 0 bridgehead atoms. The van der Waals surface area contributed by atoms with Crippen LogP contribution in [0.25, 0.3) is 99.2 Å². The first kappa shape index (κ1) is 57.8. The average molecular weight is 1300 g/mol. The van der Waals surface area contributed by atoms with Crippen molar-refractivity contribution in [1.29, 1.82) is 0 Å². The lowest BCUT2D eigenvalue weighted by molar-refractivity contribution is 0.458. The monoisotopic (exact) mass is 1300 g/mol. The summed E-state index contributed by atoms with van der Waals surface area (Å²) >= 11 is 0. The van der Waals surface area contributed by atoms with E-state index in [1.807, 2.05) is 0 Å². The van der Waals surface area contributed by atoms with Crippen LogP contribution >= 0.6 is 0 Å². The van der Waals surface area contributed by atoms with Gasteiger partial charge in [0.05, 0.1) is 33.4 Å². The van der Waals surface area contributed by atoms with Gasteiger partial charge in [-0.05, 0) is 139 Å². The summed E-state index contributed by atoms with van der Waals surface area (Å²) in [5.74, 6) is 3.27. The molecule has 0 aliphatic carbocycles. The van der Waals surface area contributed by atoms with E-state index in [1.54, 1.807) is 0 Å². The van der Waals surface area contributed by atoms with E-state index >= 15 is 0 Å². The van der Waals surface area contributed by atoms with Crippen LogP contribution in [0.3, 0.4) is 0 Å². The van der Waals surface area contributed by atoms with Gasteiger partial charge in [-0.3, -0.25) is 0 Å². The number of hydrogen-bond donors (Lipinski definition) is 0. The van der Waals surface area contributed by atoms with E-state index in [0.717, 1.165) is 157 Å². The molecular formula is C92H66B2N4O3. The molecule has 4 aliphatic rings. The van der Waals surface area contributed by atoms with E-state index in [-0.39, 0.29) is 24.3 Å². The van der Waals surface area contributed by atoms with Gasteiger partial charge in [0, 0.05) is 95.2 Å². The first-order valence-corrected chi connectivity index (χ1v) is 35.3. The molecule has 21 rings (SSSR count). The van der Waals surface area contributed by atoms with E-state index in [4.69, 9.17) is 13.9 Å². The molecule has 0 unspecified atom stereocenters. The average Bonchev–Trinajstić information content (AvgIpc) is 1.33. The molecule has 0 atom stereocenters. The quantitative estimate of drug-likeness (QED) is 0.155. The van der Waals surface area contributed by atoms with Crippen molar-refractivity contribution in [3.8, 4) is 56.6 Å². The Balaban J connectivity index is 0.892. The maximum Gasteiger partial charge on any atom is 0.260 e. The Morgan fingerprint density at radius 3 is 1.33 bits per heavy atom. The SMILES string of the molecule is CC(C)(C)c1cc2c3c(c1)Oc1cc4c(cc1B3c1ccc(-n3c5ccccc5c5ccccc53)cc1O2)B1c2ccc(-n3c5ccccc5c5ccccc53)cc2N(c2cccc3c2oc2ccccc23)c2cc(C(C)(C)C)cc(c21)N4c1c(-c2ccccc2)cccc1-c1ccccc1. The minimum atomic E-state index is -0.320. The molecule has 101 heavy (non-hydrogen) atoms. The molecular weight excluding hydrogens is 1230 g/mol. The fourth-order valence-electron chi connectivity index (χ4n) is 17.4. The fraction of sp³-hybridized carbons (Fsp3) is 0.0870.